The predicted octanol–water partition coefficient (Wildman–Crippen LogP) is 1.07. The Labute approximate surface area is 106 Å². The Morgan fingerprint density at radius 1 is 1.39 bits per heavy atom. The topological polar surface area (TPSA) is 86.7 Å². The molecular formula is C12H20N2O4. The van der Waals surface area contributed by atoms with Gasteiger partial charge in [0.05, 0.1) is 0 Å². The quantitative estimate of drug-likeness (QED) is 0.787. The number of imide groups is 1. The van der Waals surface area contributed by atoms with E-state index < -0.39 is 11.9 Å². The zero-order valence-corrected chi connectivity index (χ0v) is 10.8. The summed E-state index contributed by atoms with van der Waals surface area (Å²) >= 11 is 0. The van der Waals surface area contributed by atoms with Crippen LogP contribution in [-0.4, -0.2) is 41.0 Å². The molecule has 1 fully saturated rings. The summed E-state index contributed by atoms with van der Waals surface area (Å²) in [7, 11) is 0. The van der Waals surface area contributed by atoms with Crippen LogP contribution in [0, 0.1) is 11.8 Å². The molecule has 1 aliphatic rings. The molecular weight excluding hydrogens is 236 g/mol. The lowest BCUT2D eigenvalue weighted by atomic mass is 10.0. The Bertz CT molecular complexity index is 343. The fraction of sp³-hybridized carbons (Fsp3) is 0.750. The van der Waals surface area contributed by atoms with Gasteiger partial charge in [0.1, 0.15) is 0 Å². The van der Waals surface area contributed by atoms with Crippen molar-refractivity contribution in [1.82, 2.24) is 10.2 Å². The van der Waals surface area contributed by atoms with Gasteiger partial charge in [-0.2, -0.15) is 0 Å². The molecule has 2 unspecified atom stereocenters. The third kappa shape index (κ3) is 4.73. The number of aliphatic carboxylic acids is 1. The number of urea groups is 1. The van der Waals surface area contributed by atoms with Crippen LogP contribution < -0.4 is 5.32 Å². The van der Waals surface area contributed by atoms with Crippen LogP contribution in [0.2, 0.25) is 0 Å². The minimum atomic E-state index is -0.935. The van der Waals surface area contributed by atoms with Gasteiger partial charge in [-0.15, -0.1) is 0 Å². The lowest BCUT2D eigenvalue weighted by Crippen LogP contribution is -2.42. The maximum Gasteiger partial charge on any atom is 0.324 e. The van der Waals surface area contributed by atoms with Crippen LogP contribution in [0.25, 0.3) is 0 Å². The Hall–Kier alpha value is -1.59. The van der Waals surface area contributed by atoms with E-state index in [4.69, 9.17) is 5.11 Å². The number of nitrogens with one attached hydrogen (secondary N) is 1. The Morgan fingerprint density at radius 3 is 2.56 bits per heavy atom. The molecule has 0 aromatic carbocycles. The molecule has 1 rings (SSSR count). The Morgan fingerprint density at radius 2 is 2.06 bits per heavy atom. The fourth-order valence-corrected chi connectivity index (χ4v) is 2.06. The first-order valence-electron chi connectivity index (χ1n) is 6.19. The summed E-state index contributed by atoms with van der Waals surface area (Å²) in [5.74, 6) is -1.15. The van der Waals surface area contributed by atoms with Gasteiger partial charge in [-0.1, -0.05) is 13.8 Å². The maximum absolute atomic E-state index is 11.7. The number of carboxylic acid groups (broad SMARTS) is 1. The first-order chi connectivity index (χ1) is 8.38. The molecule has 0 bridgehead atoms. The van der Waals surface area contributed by atoms with E-state index in [1.54, 1.807) is 11.8 Å². The van der Waals surface area contributed by atoms with Gasteiger partial charge in [0.25, 0.3) is 0 Å². The van der Waals surface area contributed by atoms with Crippen LogP contribution in [0.4, 0.5) is 4.79 Å². The Kier molecular flexibility index (Phi) is 5.12. The minimum Gasteiger partial charge on any atom is -0.481 e. The maximum atomic E-state index is 11.7. The molecule has 6 nitrogen and oxygen atoms in total. The average molecular weight is 256 g/mol. The molecule has 1 saturated heterocycles. The number of likely N-dealkylation sites (tertiary alicyclic amines) is 1. The summed E-state index contributed by atoms with van der Waals surface area (Å²) in [6, 6.07) is -0.369. The highest BCUT2D eigenvalue weighted by Gasteiger charge is 2.24. The minimum absolute atomic E-state index is 0.0570. The van der Waals surface area contributed by atoms with Crippen molar-refractivity contribution in [2.45, 2.75) is 33.1 Å². The van der Waals surface area contributed by atoms with Gasteiger partial charge in [0.2, 0.25) is 5.91 Å². The van der Waals surface area contributed by atoms with Crippen LogP contribution in [0.1, 0.15) is 33.1 Å². The number of carbonyl (C=O) groups is 3. The van der Waals surface area contributed by atoms with E-state index in [0.29, 0.717) is 19.0 Å². The van der Waals surface area contributed by atoms with Gasteiger partial charge in [0, 0.05) is 25.9 Å². The number of carbonyl (C=O) groups excluding carboxylic acids is 2. The van der Waals surface area contributed by atoms with Crippen LogP contribution in [-0.2, 0) is 9.59 Å². The first-order valence-corrected chi connectivity index (χ1v) is 6.19. The van der Waals surface area contributed by atoms with Crippen molar-refractivity contribution >= 4 is 17.9 Å². The molecule has 6 heteroatoms. The number of carboxylic acids is 1. The van der Waals surface area contributed by atoms with Crippen molar-refractivity contribution < 1.29 is 19.5 Å². The van der Waals surface area contributed by atoms with Crippen LogP contribution in [0.15, 0.2) is 0 Å². The van der Waals surface area contributed by atoms with Gasteiger partial charge in [-0.05, 0) is 18.3 Å². The third-order valence-electron chi connectivity index (χ3n) is 3.01. The van der Waals surface area contributed by atoms with Crippen molar-refractivity contribution in [1.29, 1.82) is 0 Å². The second kappa shape index (κ2) is 6.37. The summed E-state index contributed by atoms with van der Waals surface area (Å²) in [6.45, 7) is 5.08. The predicted molar refractivity (Wildman–Crippen MR) is 64.9 cm³/mol. The molecule has 18 heavy (non-hydrogen) atoms. The molecule has 102 valence electrons. The van der Waals surface area contributed by atoms with E-state index in [9.17, 15) is 14.4 Å². The lowest BCUT2D eigenvalue weighted by molar-refractivity contribution is -0.138. The monoisotopic (exact) mass is 256 g/mol. The van der Waals surface area contributed by atoms with Gasteiger partial charge >= 0.3 is 12.0 Å². The summed E-state index contributed by atoms with van der Waals surface area (Å²) in [6.07, 6.45) is 0.945. The lowest BCUT2D eigenvalue weighted by Gasteiger charge is -2.16. The zero-order valence-electron chi connectivity index (χ0n) is 10.8. The average Bonchev–Trinajstić information content (AvgIpc) is 2.62. The number of rotatable bonds is 4. The second-order valence-corrected chi connectivity index (χ2v) is 5.10. The first kappa shape index (κ1) is 14.5. The van der Waals surface area contributed by atoms with Gasteiger partial charge in [-0.3, -0.25) is 14.9 Å². The van der Waals surface area contributed by atoms with E-state index in [-0.39, 0.29) is 24.8 Å². The molecule has 0 saturated carbocycles. The van der Waals surface area contributed by atoms with E-state index >= 15 is 0 Å². The number of amides is 3. The number of hydrogen-bond acceptors (Lipinski definition) is 3. The van der Waals surface area contributed by atoms with Gasteiger partial charge in [0.15, 0.2) is 0 Å². The highest BCUT2D eigenvalue weighted by atomic mass is 16.4. The largest absolute Gasteiger partial charge is 0.481 e. The second-order valence-electron chi connectivity index (χ2n) is 5.10. The van der Waals surface area contributed by atoms with Crippen molar-refractivity contribution in [2.75, 3.05) is 13.1 Å². The van der Waals surface area contributed by atoms with Crippen molar-refractivity contribution in [3.05, 3.63) is 0 Å². The van der Waals surface area contributed by atoms with Crippen molar-refractivity contribution in [3.63, 3.8) is 0 Å². The van der Waals surface area contributed by atoms with Crippen molar-refractivity contribution in [2.24, 2.45) is 11.8 Å². The molecule has 0 radical (unpaired) electrons. The summed E-state index contributed by atoms with van der Waals surface area (Å²) in [5.41, 5.74) is 0. The molecule has 0 spiro atoms. The Balaban J connectivity index is 2.31. The standard InChI is InChI=1S/C12H20N2O4/c1-8-3-4-14(7-8)12(18)13-10(15)5-9(2)6-11(16)17/h8-9H,3-7H2,1-2H3,(H,16,17)(H,13,15,18). The van der Waals surface area contributed by atoms with Gasteiger partial charge in [-0.25, -0.2) is 4.79 Å². The SMILES string of the molecule is CC(CC(=O)O)CC(=O)NC(=O)N1CCC(C)C1. The fourth-order valence-electron chi connectivity index (χ4n) is 2.06. The molecule has 2 N–H and O–H groups in total. The summed E-state index contributed by atoms with van der Waals surface area (Å²) in [5, 5.41) is 10.9. The molecule has 0 aromatic heterocycles. The molecule has 2 atom stereocenters. The molecule has 3 amide bonds. The molecule has 0 aliphatic carbocycles. The molecule has 0 aromatic rings. The third-order valence-corrected chi connectivity index (χ3v) is 3.01. The van der Waals surface area contributed by atoms with Crippen molar-refractivity contribution in [3.8, 4) is 0 Å². The van der Waals surface area contributed by atoms with Crippen LogP contribution >= 0.6 is 0 Å². The highest BCUT2D eigenvalue weighted by molar-refractivity contribution is 5.94. The van der Waals surface area contributed by atoms with E-state index in [1.165, 1.54) is 0 Å². The van der Waals surface area contributed by atoms with Crippen LogP contribution in [0.5, 0.6) is 0 Å². The summed E-state index contributed by atoms with van der Waals surface area (Å²) < 4.78 is 0. The van der Waals surface area contributed by atoms with Crippen LogP contribution in [0.3, 0.4) is 0 Å². The van der Waals surface area contributed by atoms with E-state index in [2.05, 4.69) is 12.2 Å². The normalized spacial score (nSPS) is 20.6. The van der Waals surface area contributed by atoms with E-state index in [0.717, 1.165) is 6.42 Å². The van der Waals surface area contributed by atoms with Gasteiger partial charge < -0.3 is 10.0 Å². The number of nitrogens with zero attached hydrogens (tertiary/aromatic N) is 1. The van der Waals surface area contributed by atoms with E-state index in [1.807, 2.05) is 0 Å². The molecule has 1 heterocycles. The zero-order chi connectivity index (χ0) is 13.7. The molecule has 1 aliphatic heterocycles. The smallest absolute Gasteiger partial charge is 0.324 e. The summed E-state index contributed by atoms with van der Waals surface area (Å²) in [4.78, 5) is 35.3. The number of hydrogen-bond donors (Lipinski definition) is 2. The highest BCUT2D eigenvalue weighted by Crippen LogP contribution is 2.15.